The Kier molecular flexibility index (Phi) is 4.27. The van der Waals surface area contributed by atoms with Gasteiger partial charge in [-0.25, -0.2) is 5.43 Å². The molecule has 0 saturated heterocycles. The van der Waals surface area contributed by atoms with E-state index < -0.39 is 22.6 Å². The van der Waals surface area contributed by atoms with Crippen LogP contribution in [0.3, 0.4) is 0 Å². The largest absolute Gasteiger partial charge is 0.507 e. The van der Waals surface area contributed by atoms with Crippen molar-refractivity contribution in [2.75, 3.05) is 7.11 Å². The van der Waals surface area contributed by atoms with Crippen LogP contribution in [-0.4, -0.2) is 44.4 Å². The molecule has 114 valence electrons. The van der Waals surface area contributed by atoms with Gasteiger partial charge in [-0.2, -0.15) is 5.10 Å². The van der Waals surface area contributed by atoms with Crippen LogP contribution >= 0.6 is 0 Å². The highest BCUT2D eigenvalue weighted by atomic mass is 16.6. The van der Waals surface area contributed by atoms with Gasteiger partial charge in [-0.15, -0.1) is 5.10 Å². The lowest BCUT2D eigenvalue weighted by Crippen LogP contribution is -2.19. The fourth-order valence-corrected chi connectivity index (χ4v) is 1.41. The maximum Gasteiger partial charge on any atom is 0.454 e. The molecule has 2 rings (SSSR count). The van der Waals surface area contributed by atoms with Crippen LogP contribution in [0.2, 0.25) is 0 Å². The number of rotatable bonds is 5. The van der Waals surface area contributed by atoms with Crippen LogP contribution in [-0.2, 0) is 0 Å². The number of nitrogens with one attached hydrogen (secondary N) is 2. The lowest BCUT2D eigenvalue weighted by Gasteiger charge is -2.02. The molecular weight excluding hydrogens is 296 g/mol. The molecule has 11 nitrogen and oxygen atoms in total. The molecular formula is C11H10N6O5. The predicted octanol–water partition coefficient (Wildman–Crippen LogP) is 0.191. The lowest BCUT2D eigenvalue weighted by atomic mass is 10.2. The van der Waals surface area contributed by atoms with Crippen LogP contribution in [0.25, 0.3) is 0 Å². The van der Waals surface area contributed by atoms with Crippen molar-refractivity contribution in [2.24, 2.45) is 5.10 Å². The molecule has 0 atom stereocenters. The van der Waals surface area contributed by atoms with Gasteiger partial charge >= 0.3 is 17.7 Å². The van der Waals surface area contributed by atoms with Gasteiger partial charge in [-0.1, -0.05) is 5.10 Å². The summed E-state index contributed by atoms with van der Waals surface area (Å²) in [7, 11) is 1.46. The molecule has 1 amide bonds. The third kappa shape index (κ3) is 3.33. The number of nitro groups is 1. The Morgan fingerprint density at radius 3 is 3.00 bits per heavy atom. The minimum atomic E-state index is -0.844. The topological polar surface area (TPSA) is 156 Å². The highest BCUT2D eigenvalue weighted by Gasteiger charge is 2.20. The smallest absolute Gasteiger partial charge is 0.454 e. The Hall–Kier alpha value is -3.50. The molecule has 0 radical (unpaired) electrons. The van der Waals surface area contributed by atoms with Crippen LogP contribution in [0.15, 0.2) is 23.3 Å². The van der Waals surface area contributed by atoms with E-state index in [1.54, 1.807) is 6.07 Å². The van der Waals surface area contributed by atoms with E-state index in [1.807, 2.05) is 5.10 Å². The van der Waals surface area contributed by atoms with Crippen LogP contribution in [0.4, 0.5) is 5.95 Å². The number of carbonyl (C=O) groups is 1. The maximum atomic E-state index is 11.6. The molecule has 2 aromatic rings. The number of H-pyrrole nitrogens is 1. The zero-order valence-corrected chi connectivity index (χ0v) is 11.2. The lowest BCUT2D eigenvalue weighted by molar-refractivity contribution is -0.394. The van der Waals surface area contributed by atoms with Gasteiger partial charge in [0.2, 0.25) is 0 Å². The third-order valence-electron chi connectivity index (χ3n) is 2.45. The van der Waals surface area contributed by atoms with Gasteiger partial charge < -0.3 is 20.0 Å². The van der Waals surface area contributed by atoms with E-state index in [4.69, 9.17) is 4.74 Å². The highest BCUT2D eigenvalue weighted by Crippen LogP contribution is 2.20. The summed E-state index contributed by atoms with van der Waals surface area (Å²) in [5.74, 6) is -1.50. The first kappa shape index (κ1) is 14.9. The Bertz CT molecular complexity index is 740. The van der Waals surface area contributed by atoms with Gasteiger partial charge in [-0.05, 0) is 28.1 Å². The summed E-state index contributed by atoms with van der Waals surface area (Å²) >= 11 is 0. The normalized spacial score (nSPS) is 10.6. The van der Waals surface area contributed by atoms with Crippen LogP contribution in [0, 0.1) is 10.1 Å². The molecule has 0 spiro atoms. The minimum absolute atomic E-state index is 0.0627. The molecule has 0 saturated carbocycles. The number of methoxy groups -OCH3 is 1. The third-order valence-corrected chi connectivity index (χ3v) is 2.45. The van der Waals surface area contributed by atoms with Crippen molar-refractivity contribution in [3.05, 3.63) is 39.7 Å². The molecule has 11 heteroatoms. The second-order valence-electron chi connectivity index (χ2n) is 3.86. The van der Waals surface area contributed by atoms with E-state index in [1.165, 1.54) is 25.5 Å². The number of aromatic nitrogens is 3. The SMILES string of the molecule is COc1ccc(O)c(/C=N/NC(=O)c2n[nH]c([N+](=O)[O-])n2)c1. The van der Waals surface area contributed by atoms with Crippen molar-refractivity contribution in [2.45, 2.75) is 0 Å². The summed E-state index contributed by atoms with van der Waals surface area (Å²) < 4.78 is 4.98. The van der Waals surface area contributed by atoms with Crippen molar-refractivity contribution in [1.29, 1.82) is 0 Å². The van der Waals surface area contributed by atoms with Crippen LogP contribution in [0.1, 0.15) is 16.2 Å². The number of carbonyl (C=O) groups excluding carboxylic acids is 1. The maximum absolute atomic E-state index is 11.6. The zero-order valence-electron chi connectivity index (χ0n) is 11.2. The average molecular weight is 306 g/mol. The Balaban J connectivity index is 2.05. The molecule has 0 bridgehead atoms. The number of phenolic OH excluding ortho intramolecular Hbond substituents is 1. The number of hydrazone groups is 1. The summed E-state index contributed by atoms with van der Waals surface area (Å²) in [4.78, 5) is 24.5. The summed E-state index contributed by atoms with van der Waals surface area (Å²) in [6.45, 7) is 0. The number of hydrogen-bond donors (Lipinski definition) is 3. The van der Waals surface area contributed by atoms with E-state index in [0.29, 0.717) is 11.3 Å². The average Bonchev–Trinajstić information content (AvgIpc) is 2.99. The van der Waals surface area contributed by atoms with Crippen molar-refractivity contribution >= 4 is 18.1 Å². The predicted molar refractivity (Wildman–Crippen MR) is 72.8 cm³/mol. The van der Waals surface area contributed by atoms with Gasteiger partial charge in [0, 0.05) is 5.56 Å². The van der Waals surface area contributed by atoms with E-state index >= 15 is 0 Å². The summed E-state index contributed by atoms with van der Waals surface area (Å²) in [6.07, 6.45) is 1.18. The quantitative estimate of drug-likeness (QED) is 0.404. The minimum Gasteiger partial charge on any atom is -0.507 e. The number of benzene rings is 1. The summed E-state index contributed by atoms with van der Waals surface area (Å²) in [5, 5.41) is 29.0. The fraction of sp³-hybridized carbons (Fsp3) is 0.0909. The van der Waals surface area contributed by atoms with Crippen LogP contribution in [0.5, 0.6) is 11.5 Å². The van der Waals surface area contributed by atoms with Crippen molar-refractivity contribution in [1.82, 2.24) is 20.6 Å². The van der Waals surface area contributed by atoms with E-state index in [9.17, 15) is 20.0 Å². The molecule has 1 heterocycles. The second kappa shape index (κ2) is 6.30. The number of amides is 1. The number of hydrogen-bond acceptors (Lipinski definition) is 8. The molecule has 0 unspecified atom stereocenters. The molecule has 0 fully saturated rings. The fourth-order valence-electron chi connectivity index (χ4n) is 1.41. The van der Waals surface area contributed by atoms with Crippen molar-refractivity contribution < 1.29 is 19.6 Å². The molecule has 22 heavy (non-hydrogen) atoms. The van der Waals surface area contributed by atoms with Gasteiger partial charge in [0.15, 0.2) is 0 Å². The molecule has 3 N–H and O–H groups in total. The van der Waals surface area contributed by atoms with E-state index in [0.717, 1.165) is 0 Å². The number of nitrogens with zero attached hydrogens (tertiary/aromatic N) is 4. The van der Waals surface area contributed by atoms with Crippen molar-refractivity contribution in [3.8, 4) is 11.5 Å². The van der Waals surface area contributed by atoms with Gasteiger partial charge in [0.05, 0.1) is 13.3 Å². The van der Waals surface area contributed by atoms with E-state index in [-0.39, 0.29) is 5.75 Å². The van der Waals surface area contributed by atoms with Crippen molar-refractivity contribution in [3.63, 3.8) is 0 Å². The molecule has 1 aromatic carbocycles. The number of aromatic amines is 1. The Labute approximate surface area is 122 Å². The first-order valence-electron chi connectivity index (χ1n) is 5.78. The standard InChI is InChI=1S/C11H10N6O5/c1-22-7-2-3-8(18)6(4-7)5-12-15-10(19)9-13-11(16-14-9)17(20)21/h2-5,18H,1H3,(H,15,19)(H,13,14,16)/b12-5+. The molecule has 0 aliphatic rings. The van der Waals surface area contributed by atoms with Gasteiger partial charge in [0.25, 0.3) is 0 Å². The van der Waals surface area contributed by atoms with Crippen LogP contribution < -0.4 is 10.2 Å². The second-order valence-corrected chi connectivity index (χ2v) is 3.86. The monoisotopic (exact) mass is 306 g/mol. The van der Waals surface area contributed by atoms with Gasteiger partial charge in [0.1, 0.15) is 11.5 Å². The zero-order chi connectivity index (χ0) is 16.1. The first-order valence-corrected chi connectivity index (χ1v) is 5.78. The summed E-state index contributed by atoms with van der Waals surface area (Å²) in [6, 6.07) is 4.46. The highest BCUT2D eigenvalue weighted by molar-refractivity contribution is 5.92. The van der Waals surface area contributed by atoms with E-state index in [2.05, 4.69) is 20.6 Å². The number of phenols is 1. The Morgan fingerprint density at radius 1 is 1.59 bits per heavy atom. The molecule has 0 aliphatic heterocycles. The Morgan fingerprint density at radius 2 is 2.36 bits per heavy atom. The number of ether oxygens (including phenoxy) is 1. The first-order chi connectivity index (χ1) is 10.5. The summed E-state index contributed by atoms with van der Waals surface area (Å²) in [5.41, 5.74) is 2.38. The van der Waals surface area contributed by atoms with Gasteiger partial charge in [-0.3, -0.25) is 4.79 Å². The number of aromatic hydroxyl groups is 1. The molecule has 1 aromatic heterocycles. The molecule has 0 aliphatic carbocycles.